The van der Waals surface area contributed by atoms with E-state index in [2.05, 4.69) is 41.9 Å². The summed E-state index contributed by atoms with van der Waals surface area (Å²) in [5, 5.41) is 2.39. The van der Waals surface area contributed by atoms with Gasteiger partial charge in [0.15, 0.2) is 0 Å². The summed E-state index contributed by atoms with van der Waals surface area (Å²) in [6.07, 6.45) is 4.78. The zero-order valence-electron chi connectivity index (χ0n) is 11.8. The summed E-state index contributed by atoms with van der Waals surface area (Å²) in [6, 6.07) is 8.37. The average molecular weight is 257 g/mol. The second-order valence-electron chi connectivity index (χ2n) is 4.87. The normalized spacial score (nSPS) is 13.1. The van der Waals surface area contributed by atoms with E-state index in [1.165, 1.54) is 10.8 Å². The standard InChI is InChI=1S/C16H23N3/c1-3-19(4-2)10-9-16(17)15-12-18-11-13-7-5-6-8-14(13)15/h5-8,11-12,16H,3-4,9-10,17H2,1-2H3. The molecule has 0 spiro atoms. The molecule has 0 aliphatic rings. The third-order valence-electron chi connectivity index (χ3n) is 3.75. The second kappa shape index (κ2) is 6.64. The summed E-state index contributed by atoms with van der Waals surface area (Å²) >= 11 is 0. The van der Waals surface area contributed by atoms with Gasteiger partial charge in [0.05, 0.1) is 0 Å². The highest BCUT2D eigenvalue weighted by Gasteiger charge is 2.11. The second-order valence-corrected chi connectivity index (χ2v) is 4.87. The van der Waals surface area contributed by atoms with E-state index in [4.69, 9.17) is 5.73 Å². The van der Waals surface area contributed by atoms with E-state index in [0.29, 0.717) is 0 Å². The fourth-order valence-corrected chi connectivity index (χ4v) is 2.45. The van der Waals surface area contributed by atoms with Gasteiger partial charge in [-0.25, -0.2) is 0 Å². The maximum Gasteiger partial charge on any atom is 0.0346 e. The van der Waals surface area contributed by atoms with Crippen molar-refractivity contribution < 1.29 is 0 Å². The van der Waals surface area contributed by atoms with E-state index in [-0.39, 0.29) is 6.04 Å². The molecule has 0 aliphatic carbocycles. The van der Waals surface area contributed by atoms with Gasteiger partial charge in [0, 0.05) is 23.8 Å². The van der Waals surface area contributed by atoms with E-state index < -0.39 is 0 Å². The first-order chi connectivity index (χ1) is 9.26. The molecule has 2 rings (SSSR count). The Morgan fingerprint density at radius 3 is 2.63 bits per heavy atom. The molecule has 3 heteroatoms. The third kappa shape index (κ3) is 3.31. The fourth-order valence-electron chi connectivity index (χ4n) is 2.45. The van der Waals surface area contributed by atoms with Crippen molar-refractivity contribution in [3.05, 3.63) is 42.2 Å². The van der Waals surface area contributed by atoms with Crippen molar-refractivity contribution in [1.82, 2.24) is 9.88 Å². The summed E-state index contributed by atoms with van der Waals surface area (Å²) in [7, 11) is 0. The first kappa shape index (κ1) is 14.0. The third-order valence-corrected chi connectivity index (χ3v) is 3.75. The monoisotopic (exact) mass is 257 g/mol. The lowest BCUT2D eigenvalue weighted by atomic mass is 10.00. The molecule has 0 fully saturated rings. The maximum absolute atomic E-state index is 6.35. The molecule has 2 aromatic rings. The van der Waals surface area contributed by atoms with Crippen molar-refractivity contribution in [3.8, 4) is 0 Å². The van der Waals surface area contributed by atoms with Gasteiger partial charge in [0.2, 0.25) is 0 Å². The lowest BCUT2D eigenvalue weighted by Crippen LogP contribution is -2.27. The van der Waals surface area contributed by atoms with Crippen molar-refractivity contribution in [2.24, 2.45) is 5.73 Å². The molecule has 0 amide bonds. The predicted octanol–water partition coefficient (Wildman–Crippen LogP) is 2.97. The highest BCUT2D eigenvalue weighted by molar-refractivity contribution is 5.85. The summed E-state index contributed by atoms with van der Waals surface area (Å²) in [5.41, 5.74) is 7.51. The molecule has 1 unspecified atom stereocenters. The maximum atomic E-state index is 6.35. The molecule has 0 saturated heterocycles. The molecule has 19 heavy (non-hydrogen) atoms. The number of benzene rings is 1. The largest absolute Gasteiger partial charge is 0.324 e. The minimum absolute atomic E-state index is 0.0548. The number of rotatable bonds is 6. The molecule has 2 N–H and O–H groups in total. The minimum atomic E-state index is 0.0548. The molecule has 1 aromatic heterocycles. The number of hydrogen-bond acceptors (Lipinski definition) is 3. The fraction of sp³-hybridized carbons (Fsp3) is 0.438. The van der Waals surface area contributed by atoms with Gasteiger partial charge in [0.1, 0.15) is 0 Å². The Kier molecular flexibility index (Phi) is 4.88. The molecule has 3 nitrogen and oxygen atoms in total. The number of pyridine rings is 1. The first-order valence-corrected chi connectivity index (χ1v) is 7.06. The highest BCUT2D eigenvalue weighted by atomic mass is 15.1. The molecule has 1 atom stereocenters. The summed E-state index contributed by atoms with van der Waals surface area (Å²) in [5.74, 6) is 0. The van der Waals surface area contributed by atoms with Crippen LogP contribution in [0.4, 0.5) is 0 Å². The minimum Gasteiger partial charge on any atom is -0.324 e. The van der Waals surface area contributed by atoms with Crippen molar-refractivity contribution in [1.29, 1.82) is 0 Å². The molecule has 1 aromatic carbocycles. The van der Waals surface area contributed by atoms with Crippen molar-refractivity contribution >= 4 is 10.8 Å². The van der Waals surface area contributed by atoms with Crippen LogP contribution in [-0.2, 0) is 0 Å². The Hall–Kier alpha value is -1.45. The lowest BCUT2D eigenvalue weighted by Gasteiger charge is -2.21. The van der Waals surface area contributed by atoms with E-state index in [0.717, 1.165) is 31.6 Å². The van der Waals surface area contributed by atoms with Gasteiger partial charge >= 0.3 is 0 Å². The van der Waals surface area contributed by atoms with Gasteiger partial charge in [-0.3, -0.25) is 4.98 Å². The molecule has 102 valence electrons. The highest BCUT2D eigenvalue weighted by Crippen LogP contribution is 2.23. The van der Waals surface area contributed by atoms with Crippen LogP contribution in [0, 0.1) is 0 Å². The quantitative estimate of drug-likeness (QED) is 0.865. The number of aromatic nitrogens is 1. The lowest BCUT2D eigenvalue weighted by molar-refractivity contribution is 0.291. The van der Waals surface area contributed by atoms with Crippen LogP contribution in [0.3, 0.4) is 0 Å². The smallest absolute Gasteiger partial charge is 0.0346 e. The van der Waals surface area contributed by atoms with Crippen LogP contribution in [0.25, 0.3) is 10.8 Å². The van der Waals surface area contributed by atoms with Crippen LogP contribution in [0.15, 0.2) is 36.7 Å². The molecule has 0 bridgehead atoms. The van der Waals surface area contributed by atoms with E-state index >= 15 is 0 Å². The van der Waals surface area contributed by atoms with E-state index in [1.54, 1.807) is 0 Å². The van der Waals surface area contributed by atoms with Gasteiger partial charge in [-0.05, 0) is 37.0 Å². The van der Waals surface area contributed by atoms with Crippen molar-refractivity contribution in [2.45, 2.75) is 26.3 Å². The molecule has 0 radical (unpaired) electrons. The predicted molar refractivity (Wildman–Crippen MR) is 81.1 cm³/mol. The van der Waals surface area contributed by atoms with Gasteiger partial charge in [-0.1, -0.05) is 38.1 Å². The Morgan fingerprint density at radius 2 is 1.89 bits per heavy atom. The summed E-state index contributed by atoms with van der Waals surface area (Å²) in [4.78, 5) is 6.71. The zero-order valence-corrected chi connectivity index (χ0v) is 11.8. The van der Waals surface area contributed by atoms with Gasteiger partial charge in [0.25, 0.3) is 0 Å². The van der Waals surface area contributed by atoms with Crippen LogP contribution < -0.4 is 5.73 Å². The number of nitrogens with zero attached hydrogens (tertiary/aromatic N) is 2. The topological polar surface area (TPSA) is 42.1 Å². The van der Waals surface area contributed by atoms with Gasteiger partial charge in [-0.15, -0.1) is 0 Å². The SMILES string of the molecule is CCN(CC)CCC(N)c1cncc2ccccc12. The summed E-state index contributed by atoms with van der Waals surface area (Å²) < 4.78 is 0. The van der Waals surface area contributed by atoms with Crippen molar-refractivity contribution in [2.75, 3.05) is 19.6 Å². The zero-order chi connectivity index (χ0) is 13.7. The van der Waals surface area contributed by atoms with E-state index in [9.17, 15) is 0 Å². The summed E-state index contributed by atoms with van der Waals surface area (Å²) in [6.45, 7) is 7.58. The van der Waals surface area contributed by atoms with Crippen LogP contribution in [0.5, 0.6) is 0 Å². The Balaban J connectivity index is 2.15. The van der Waals surface area contributed by atoms with Crippen LogP contribution >= 0.6 is 0 Å². The number of fused-ring (bicyclic) bond motifs is 1. The number of nitrogens with two attached hydrogens (primary N) is 1. The van der Waals surface area contributed by atoms with Crippen molar-refractivity contribution in [3.63, 3.8) is 0 Å². The Morgan fingerprint density at radius 1 is 1.16 bits per heavy atom. The first-order valence-electron chi connectivity index (χ1n) is 7.06. The Bertz CT molecular complexity index is 515. The average Bonchev–Trinajstić information content (AvgIpc) is 2.47. The van der Waals surface area contributed by atoms with Gasteiger partial charge < -0.3 is 10.6 Å². The molecule has 1 heterocycles. The van der Waals surface area contributed by atoms with Crippen LogP contribution in [0.1, 0.15) is 31.9 Å². The van der Waals surface area contributed by atoms with Gasteiger partial charge in [-0.2, -0.15) is 0 Å². The molecule has 0 aliphatic heterocycles. The van der Waals surface area contributed by atoms with E-state index in [1.807, 2.05) is 18.5 Å². The van der Waals surface area contributed by atoms with Crippen LogP contribution in [0.2, 0.25) is 0 Å². The molecular weight excluding hydrogens is 234 g/mol. The molecular formula is C16H23N3. The number of hydrogen-bond donors (Lipinski definition) is 1. The van der Waals surface area contributed by atoms with Crippen LogP contribution in [-0.4, -0.2) is 29.5 Å². The molecule has 0 saturated carbocycles. The Labute approximate surface area is 115 Å².